The number of carboxylic acid groups (broad SMARTS) is 1. The smallest absolute Gasteiger partial charge is 0.341 e. The second kappa shape index (κ2) is 4.14. The molecule has 0 aliphatic carbocycles. The largest absolute Gasteiger partial charge is 0.477 e. The molecule has 6 heteroatoms. The van der Waals surface area contributed by atoms with Crippen molar-refractivity contribution in [1.82, 2.24) is 14.8 Å². The van der Waals surface area contributed by atoms with Crippen LogP contribution in [0.3, 0.4) is 0 Å². The molecule has 6 nitrogen and oxygen atoms in total. The van der Waals surface area contributed by atoms with Crippen molar-refractivity contribution in [2.75, 3.05) is 11.9 Å². The van der Waals surface area contributed by atoms with Crippen molar-refractivity contribution >= 4 is 11.8 Å². The number of hydrogen-bond donors (Lipinski definition) is 2. The molecule has 18 heavy (non-hydrogen) atoms. The number of aromatic nitrogens is 3. The molecule has 2 aromatic rings. The Morgan fingerprint density at radius 1 is 1.44 bits per heavy atom. The standard InChI is InChI=1S/C12H12N4O2/c17-12(18)9-7-15-16-10(3-6-14-11(9)16)8-1-4-13-5-2-8/h1-2,4-5,7,10,14H,3,6H2,(H,17,18). The molecule has 0 saturated heterocycles. The van der Waals surface area contributed by atoms with Gasteiger partial charge in [0.25, 0.3) is 0 Å². The monoisotopic (exact) mass is 244 g/mol. The minimum atomic E-state index is -0.959. The van der Waals surface area contributed by atoms with Crippen LogP contribution in [0.4, 0.5) is 5.82 Å². The second-order valence-electron chi connectivity index (χ2n) is 4.17. The first-order chi connectivity index (χ1) is 8.77. The quantitative estimate of drug-likeness (QED) is 0.834. The lowest BCUT2D eigenvalue weighted by Crippen LogP contribution is -2.25. The lowest BCUT2D eigenvalue weighted by atomic mass is 10.0. The summed E-state index contributed by atoms with van der Waals surface area (Å²) in [7, 11) is 0. The number of aromatic carboxylic acids is 1. The van der Waals surface area contributed by atoms with Gasteiger partial charge in [-0.05, 0) is 24.1 Å². The van der Waals surface area contributed by atoms with Gasteiger partial charge in [0.05, 0.1) is 12.2 Å². The first-order valence-corrected chi connectivity index (χ1v) is 5.72. The first kappa shape index (κ1) is 10.8. The van der Waals surface area contributed by atoms with Crippen LogP contribution in [0.15, 0.2) is 30.7 Å². The molecule has 0 radical (unpaired) electrons. The van der Waals surface area contributed by atoms with Gasteiger partial charge in [0.2, 0.25) is 0 Å². The Morgan fingerprint density at radius 3 is 2.94 bits per heavy atom. The molecule has 0 bridgehead atoms. The summed E-state index contributed by atoms with van der Waals surface area (Å²) >= 11 is 0. The van der Waals surface area contributed by atoms with Crippen LogP contribution in [0.5, 0.6) is 0 Å². The Bertz CT molecular complexity index is 579. The van der Waals surface area contributed by atoms with E-state index in [1.54, 1.807) is 17.1 Å². The predicted octanol–water partition coefficient (Wildman–Crippen LogP) is 1.38. The third-order valence-electron chi connectivity index (χ3n) is 3.12. The van der Waals surface area contributed by atoms with Crippen molar-refractivity contribution in [3.63, 3.8) is 0 Å². The van der Waals surface area contributed by atoms with Crippen LogP contribution in [0.25, 0.3) is 0 Å². The van der Waals surface area contributed by atoms with E-state index in [0.717, 1.165) is 18.5 Å². The fourth-order valence-corrected chi connectivity index (χ4v) is 2.27. The van der Waals surface area contributed by atoms with Crippen LogP contribution in [-0.4, -0.2) is 32.4 Å². The zero-order chi connectivity index (χ0) is 12.5. The highest BCUT2D eigenvalue weighted by Crippen LogP contribution is 2.30. The number of nitrogens with zero attached hydrogens (tertiary/aromatic N) is 3. The third kappa shape index (κ3) is 1.62. The highest BCUT2D eigenvalue weighted by Gasteiger charge is 2.26. The summed E-state index contributed by atoms with van der Waals surface area (Å²) in [5.41, 5.74) is 1.31. The number of pyridine rings is 1. The van der Waals surface area contributed by atoms with Crippen molar-refractivity contribution < 1.29 is 9.90 Å². The summed E-state index contributed by atoms with van der Waals surface area (Å²) in [6.45, 7) is 0.735. The number of carbonyl (C=O) groups is 1. The lowest BCUT2D eigenvalue weighted by Gasteiger charge is -2.26. The normalized spacial score (nSPS) is 17.9. The summed E-state index contributed by atoms with van der Waals surface area (Å²) in [6.07, 6.45) is 5.74. The Morgan fingerprint density at radius 2 is 2.22 bits per heavy atom. The summed E-state index contributed by atoms with van der Waals surface area (Å²) in [5, 5.41) is 16.4. The van der Waals surface area contributed by atoms with Gasteiger partial charge in [-0.15, -0.1) is 0 Å². The van der Waals surface area contributed by atoms with E-state index in [-0.39, 0.29) is 11.6 Å². The van der Waals surface area contributed by atoms with Crippen LogP contribution in [0.2, 0.25) is 0 Å². The molecule has 0 spiro atoms. The van der Waals surface area contributed by atoms with Gasteiger partial charge in [0.1, 0.15) is 11.4 Å². The van der Waals surface area contributed by atoms with Crippen LogP contribution in [-0.2, 0) is 0 Å². The minimum absolute atomic E-state index is 0.0670. The molecule has 1 aliphatic heterocycles. The maximum Gasteiger partial charge on any atom is 0.341 e. The van der Waals surface area contributed by atoms with Gasteiger partial charge >= 0.3 is 5.97 Å². The van der Waals surface area contributed by atoms with Gasteiger partial charge in [-0.2, -0.15) is 5.10 Å². The molecule has 0 aromatic carbocycles. The zero-order valence-corrected chi connectivity index (χ0v) is 9.58. The number of carboxylic acids is 1. The molecule has 1 aliphatic rings. The summed E-state index contributed by atoms with van der Waals surface area (Å²) < 4.78 is 1.74. The van der Waals surface area contributed by atoms with E-state index in [9.17, 15) is 4.79 Å². The Hall–Kier alpha value is -2.37. The average Bonchev–Trinajstić information content (AvgIpc) is 2.83. The molecular weight excluding hydrogens is 232 g/mol. The number of nitrogens with one attached hydrogen (secondary N) is 1. The zero-order valence-electron chi connectivity index (χ0n) is 9.58. The fraction of sp³-hybridized carbons (Fsp3) is 0.250. The maximum atomic E-state index is 11.1. The van der Waals surface area contributed by atoms with E-state index in [0.29, 0.717) is 5.82 Å². The van der Waals surface area contributed by atoms with Gasteiger partial charge < -0.3 is 10.4 Å². The molecule has 1 unspecified atom stereocenters. The van der Waals surface area contributed by atoms with Gasteiger partial charge in [0, 0.05) is 18.9 Å². The Kier molecular flexibility index (Phi) is 2.47. The SMILES string of the molecule is O=C(O)c1cnn2c1NCCC2c1ccncc1. The number of fused-ring (bicyclic) bond motifs is 1. The second-order valence-corrected chi connectivity index (χ2v) is 4.17. The number of hydrogen-bond acceptors (Lipinski definition) is 4. The molecule has 0 fully saturated rings. The van der Waals surface area contributed by atoms with E-state index in [1.165, 1.54) is 6.20 Å². The van der Waals surface area contributed by atoms with Gasteiger partial charge in [-0.25, -0.2) is 9.48 Å². The highest BCUT2D eigenvalue weighted by atomic mass is 16.4. The molecule has 92 valence electrons. The molecule has 2 aromatic heterocycles. The highest BCUT2D eigenvalue weighted by molar-refractivity contribution is 5.93. The average molecular weight is 244 g/mol. The number of rotatable bonds is 2. The van der Waals surface area contributed by atoms with Crippen molar-refractivity contribution in [2.24, 2.45) is 0 Å². The number of anilines is 1. The van der Waals surface area contributed by atoms with Crippen molar-refractivity contribution in [1.29, 1.82) is 0 Å². The predicted molar refractivity (Wildman–Crippen MR) is 64.7 cm³/mol. The Balaban J connectivity index is 2.06. The lowest BCUT2D eigenvalue weighted by molar-refractivity contribution is 0.0697. The molecule has 2 N–H and O–H groups in total. The van der Waals surface area contributed by atoms with E-state index in [4.69, 9.17) is 5.11 Å². The minimum Gasteiger partial charge on any atom is -0.477 e. The van der Waals surface area contributed by atoms with Gasteiger partial charge in [-0.1, -0.05) is 0 Å². The van der Waals surface area contributed by atoms with Crippen LogP contribution in [0.1, 0.15) is 28.4 Å². The van der Waals surface area contributed by atoms with Crippen molar-refractivity contribution in [3.05, 3.63) is 41.9 Å². The van der Waals surface area contributed by atoms with E-state index < -0.39 is 5.97 Å². The van der Waals surface area contributed by atoms with E-state index >= 15 is 0 Å². The first-order valence-electron chi connectivity index (χ1n) is 5.72. The van der Waals surface area contributed by atoms with Crippen LogP contribution >= 0.6 is 0 Å². The topological polar surface area (TPSA) is 80.0 Å². The summed E-state index contributed by atoms with van der Waals surface area (Å²) in [5.74, 6) is -0.380. The van der Waals surface area contributed by atoms with E-state index in [1.807, 2.05) is 12.1 Å². The van der Waals surface area contributed by atoms with Crippen LogP contribution < -0.4 is 5.32 Å². The van der Waals surface area contributed by atoms with Gasteiger partial charge in [-0.3, -0.25) is 4.98 Å². The van der Waals surface area contributed by atoms with E-state index in [2.05, 4.69) is 15.4 Å². The maximum absolute atomic E-state index is 11.1. The molecule has 0 saturated carbocycles. The molecule has 1 atom stereocenters. The van der Waals surface area contributed by atoms with Crippen molar-refractivity contribution in [3.8, 4) is 0 Å². The fourth-order valence-electron chi connectivity index (χ4n) is 2.27. The van der Waals surface area contributed by atoms with Crippen molar-refractivity contribution in [2.45, 2.75) is 12.5 Å². The third-order valence-corrected chi connectivity index (χ3v) is 3.12. The molecule has 3 rings (SSSR count). The summed E-state index contributed by atoms with van der Waals surface area (Å²) in [4.78, 5) is 15.1. The summed E-state index contributed by atoms with van der Waals surface area (Å²) in [6, 6.07) is 3.93. The van der Waals surface area contributed by atoms with Gasteiger partial charge in [0.15, 0.2) is 0 Å². The van der Waals surface area contributed by atoms with Crippen LogP contribution in [0, 0.1) is 0 Å². The molecule has 3 heterocycles. The molecular formula is C12H12N4O2. The molecule has 0 amide bonds. The Labute approximate surface area is 103 Å².